The van der Waals surface area contributed by atoms with Gasteiger partial charge in [-0.2, -0.15) is 5.26 Å². The summed E-state index contributed by atoms with van der Waals surface area (Å²) in [4.78, 5) is 0. The van der Waals surface area contributed by atoms with Crippen LogP contribution in [0.5, 0.6) is 0 Å². The molecule has 0 amide bonds. The Morgan fingerprint density at radius 3 is 2.00 bits per heavy atom. The molecule has 0 unspecified atom stereocenters. The highest BCUT2D eigenvalue weighted by Gasteiger charge is 2.90. The van der Waals surface area contributed by atoms with Crippen LogP contribution < -0.4 is 0 Å². The second-order valence-corrected chi connectivity index (χ2v) is 4.13. The van der Waals surface area contributed by atoms with Gasteiger partial charge in [0.1, 0.15) is 0 Å². The van der Waals surface area contributed by atoms with Gasteiger partial charge in [0.25, 0.3) is 0 Å². The second-order valence-electron chi connectivity index (χ2n) is 4.13. The molecule has 5 fully saturated rings. The van der Waals surface area contributed by atoms with E-state index in [1.54, 1.807) is 0 Å². The molecule has 0 N–H and O–H groups in total. The van der Waals surface area contributed by atoms with Crippen molar-refractivity contribution in [2.45, 2.75) is 0 Å². The van der Waals surface area contributed by atoms with E-state index in [9.17, 15) is 0 Å². The largest absolute Gasteiger partial charge is 0.193 e. The van der Waals surface area contributed by atoms with Crippen LogP contribution in [0.25, 0.3) is 0 Å². The highest BCUT2D eigenvalue weighted by molar-refractivity contribution is 5.52. The van der Waals surface area contributed by atoms with E-state index in [1.165, 1.54) is 5.57 Å². The molecule has 1 nitrogen and oxygen atoms in total. The van der Waals surface area contributed by atoms with Crippen LogP contribution in [0.3, 0.4) is 0 Å². The lowest BCUT2D eigenvalue weighted by Gasteiger charge is -2.03. The highest BCUT2D eigenvalue weighted by atomic mass is 14.9. The average Bonchev–Trinajstić information content (AvgIpc) is 2.58. The first-order chi connectivity index (χ1) is 4.95. The van der Waals surface area contributed by atoms with Crippen LogP contribution in [-0.2, 0) is 0 Å². The summed E-state index contributed by atoms with van der Waals surface area (Å²) in [5, 5.41) is 8.48. The number of nitrogens with zero attached hydrogens (tertiary/aromatic N) is 1. The van der Waals surface area contributed by atoms with Gasteiger partial charge in [-0.25, -0.2) is 0 Å². The predicted molar refractivity (Wildman–Crippen MR) is 34.6 cm³/mol. The molecule has 0 heterocycles. The summed E-state index contributed by atoms with van der Waals surface area (Å²) < 4.78 is 0. The third-order valence-electron chi connectivity index (χ3n) is 4.16. The Kier molecular flexibility index (Phi) is 0.364. The van der Waals surface area contributed by atoms with Crippen molar-refractivity contribution in [2.24, 2.45) is 35.5 Å². The fraction of sp³-hybridized carbons (Fsp3) is 0.667. The van der Waals surface area contributed by atoms with Crippen molar-refractivity contribution >= 4 is 0 Å². The number of allylic oxidation sites excluding steroid dienone is 2. The fourth-order valence-electron chi connectivity index (χ4n) is 3.93. The number of hydrogen-bond acceptors (Lipinski definition) is 1. The van der Waals surface area contributed by atoms with Gasteiger partial charge in [-0.05, 0) is 35.5 Å². The Bertz CT molecular complexity index is 263. The maximum absolute atomic E-state index is 8.48. The molecule has 0 spiro atoms. The molecule has 0 radical (unpaired) electrons. The van der Waals surface area contributed by atoms with Gasteiger partial charge in [0.2, 0.25) is 0 Å². The van der Waals surface area contributed by atoms with Crippen molar-refractivity contribution in [1.82, 2.24) is 0 Å². The van der Waals surface area contributed by atoms with Crippen LogP contribution in [0, 0.1) is 46.8 Å². The maximum Gasteiger partial charge on any atom is 0.0911 e. The molecule has 1 heteroatoms. The third-order valence-corrected chi connectivity index (χ3v) is 4.16. The summed E-state index contributed by atoms with van der Waals surface area (Å²) in [6.07, 6.45) is 1.83. The summed E-state index contributed by atoms with van der Waals surface area (Å²) in [6.45, 7) is 0. The second kappa shape index (κ2) is 0.871. The Morgan fingerprint density at radius 1 is 1.10 bits per heavy atom. The number of rotatable bonds is 0. The zero-order valence-corrected chi connectivity index (χ0v) is 5.49. The fourth-order valence-corrected chi connectivity index (χ4v) is 3.93. The summed E-state index contributed by atoms with van der Waals surface area (Å²) in [5.41, 5.74) is 1.53. The van der Waals surface area contributed by atoms with E-state index >= 15 is 0 Å². The van der Waals surface area contributed by atoms with Crippen LogP contribution in [0.1, 0.15) is 0 Å². The first-order valence-corrected chi connectivity index (χ1v) is 4.04. The van der Waals surface area contributed by atoms with Crippen molar-refractivity contribution in [2.75, 3.05) is 0 Å². The molecule has 2 bridgehead atoms. The SMILES string of the molecule is N#CC=C1C2C3C2C2C1C32. The minimum atomic E-state index is 0.916. The molecule has 0 aromatic heterocycles. The van der Waals surface area contributed by atoms with E-state index in [-0.39, 0.29) is 0 Å². The van der Waals surface area contributed by atoms with E-state index < -0.39 is 0 Å². The lowest BCUT2D eigenvalue weighted by Crippen LogP contribution is -2.00. The summed E-state index contributed by atoms with van der Waals surface area (Å²) in [5.74, 6) is 6.15. The smallest absolute Gasteiger partial charge is 0.0911 e. The molecule has 5 aliphatic rings. The van der Waals surface area contributed by atoms with E-state index in [4.69, 9.17) is 5.26 Å². The van der Waals surface area contributed by atoms with Gasteiger partial charge in [-0.3, -0.25) is 0 Å². The van der Waals surface area contributed by atoms with Crippen molar-refractivity contribution in [3.8, 4) is 6.07 Å². The van der Waals surface area contributed by atoms with E-state index in [0.717, 1.165) is 35.5 Å². The molecule has 0 atom stereocenters. The van der Waals surface area contributed by atoms with Gasteiger partial charge in [0, 0.05) is 6.08 Å². The molecule has 48 valence electrons. The number of hydrogen-bond donors (Lipinski definition) is 0. The van der Waals surface area contributed by atoms with Crippen LogP contribution in [0.4, 0.5) is 0 Å². The minimum absolute atomic E-state index is 0.916. The van der Waals surface area contributed by atoms with Gasteiger partial charge in [0.05, 0.1) is 6.07 Å². The lowest BCUT2D eigenvalue weighted by atomic mass is 10.0. The van der Waals surface area contributed by atoms with Crippen LogP contribution in [-0.4, -0.2) is 0 Å². The van der Waals surface area contributed by atoms with Crippen molar-refractivity contribution in [1.29, 1.82) is 5.26 Å². The average molecular weight is 129 g/mol. The molecule has 5 rings (SSSR count). The molecule has 0 saturated heterocycles. The molecule has 0 aromatic rings. The molecule has 0 aliphatic heterocycles. The van der Waals surface area contributed by atoms with Gasteiger partial charge in [0.15, 0.2) is 0 Å². The molecule has 5 aliphatic carbocycles. The minimum Gasteiger partial charge on any atom is -0.193 e. The maximum atomic E-state index is 8.48. The lowest BCUT2D eigenvalue weighted by molar-refractivity contribution is 0.434. The predicted octanol–water partition coefficient (Wildman–Crippen LogP) is 1.19. The first-order valence-electron chi connectivity index (χ1n) is 4.04. The van der Waals surface area contributed by atoms with Crippen molar-refractivity contribution in [3.63, 3.8) is 0 Å². The van der Waals surface area contributed by atoms with Crippen LogP contribution in [0.2, 0.25) is 0 Å². The third kappa shape index (κ3) is 0.192. The standard InChI is InChI=1S/C9H7N/c10-2-1-3-4-6-7(4)9-5(3)8(6)9/h1,4-9H. The summed E-state index contributed by atoms with van der Waals surface area (Å²) >= 11 is 0. The molecular weight excluding hydrogens is 122 g/mol. The Morgan fingerprint density at radius 2 is 1.60 bits per heavy atom. The van der Waals surface area contributed by atoms with E-state index in [2.05, 4.69) is 6.07 Å². The number of nitriles is 1. The van der Waals surface area contributed by atoms with E-state index in [1.807, 2.05) is 6.08 Å². The summed E-state index contributed by atoms with van der Waals surface area (Å²) in [6, 6.07) is 2.18. The molecule has 5 saturated carbocycles. The zero-order valence-electron chi connectivity index (χ0n) is 5.49. The van der Waals surface area contributed by atoms with Crippen molar-refractivity contribution < 1.29 is 0 Å². The summed E-state index contributed by atoms with van der Waals surface area (Å²) in [7, 11) is 0. The van der Waals surface area contributed by atoms with E-state index in [0.29, 0.717) is 0 Å². The van der Waals surface area contributed by atoms with Gasteiger partial charge < -0.3 is 0 Å². The molecule has 0 aromatic carbocycles. The quantitative estimate of drug-likeness (QED) is 0.451. The van der Waals surface area contributed by atoms with Gasteiger partial charge in [-0.1, -0.05) is 5.57 Å². The Labute approximate surface area is 59.3 Å². The van der Waals surface area contributed by atoms with Gasteiger partial charge >= 0.3 is 0 Å². The topological polar surface area (TPSA) is 23.8 Å². The van der Waals surface area contributed by atoms with Gasteiger partial charge in [-0.15, -0.1) is 0 Å². The Balaban J connectivity index is 1.93. The normalized spacial score (nSPS) is 69.7. The van der Waals surface area contributed by atoms with Crippen molar-refractivity contribution in [3.05, 3.63) is 11.6 Å². The molecular formula is C9H7N. The first kappa shape index (κ1) is 4.18. The zero-order chi connectivity index (χ0) is 6.46. The molecule has 10 heavy (non-hydrogen) atoms. The van der Waals surface area contributed by atoms with Crippen LogP contribution >= 0.6 is 0 Å². The van der Waals surface area contributed by atoms with Crippen LogP contribution in [0.15, 0.2) is 11.6 Å². The highest BCUT2D eigenvalue weighted by Crippen LogP contribution is 2.93. The Hall–Kier alpha value is -0.770. The monoisotopic (exact) mass is 129 g/mol.